The minimum atomic E-state index is -1.29. The fraction of sp³-hybridized carbons (Fsp3) is 0.316. The van der Waals surface area contributed by atoms with Gasteiger partial charge in [0.05, 0.1) is 54.6 Å². The van der Waals surface area contributed by atoms with Crippen molar-refractivity contribution in [1.82, 2.24) is 4.90 Å². The van der Waals surface area contributed by atoms with Crippen LogP contribution in [0.3, 0.4) is 0 Å². The Hall–Kier alpha value is -4.96. The number of allylic oxidation sites excluding steroid dienone is 3. The maximum atomic E-state index is 14.5. The Bertz CT molecular complexity index is 1940. The largest absolute Gasteiger partial charge is 0.502 e. The number of nitrogens with zero attached hydrogens (tertiary/aromatic N) is 2. The second kappa shape index (κ2) is 12.2. The molecule has 0 aromatic heterocycles. The second-order valence-electron chi connectivity index (χ2n) is 13.2. The number of fused-ring (bicyclic) bond motifs is 4. The van der Waals surface area contributed by atoms with Crippen LogP contribution in [-0.2, 0) is 25.7 Å². The van der Waals surface area contributed by atoms with Crippen LogP contribution < -0.4 is 14.4 Å². The zero-order valence-corrected chi connectivity index (χ0v) is 27.8. The van der Waals surface area contributed by atoms with E-state index in [1.165, 1.54) is 31.3 Å². The molecule has 11 heteroatoms. The number of hydrogen-bond donors (Lipinski definition) is 1. The smallest absolute Gasteiger partial charge is 0.241 e. The monoisotopic (exact) mass is 684 g/mol. The molecule has 0 unspecified atom stereocenters. The first-order chi connectivity index (χ1) is 23.5. The van der Waals surface area contributed by atoms with Crippen LogP contribution in [-0.4, -0.2) is 47.9 Å². The van der Waals surface area contributed by atoms with Gasteiger partial charge in [0.1, 0.15) is 5.82 Å². The minimum absolute atomic E-state index is 0.152. The number of methoxy groups -OCH3 is 2. The maximum absolute atomic E-state index is 14.5. The summed E-state index contributed by atoms with van der Waals surface area (Å²) in [6.07, 6.45) is 6.07. The van der Waals surface area contributed by atoms with Gasteiger partial charge < -0.3 is 14.6 Å². The fourth-order valence-electron chi connectivity index (χ4n) is 8.29. The number of halogens is 2. The number of likely N-dealkylation sites (tertiary alicyclic amines) is 1. The molecule has 9 nitrogen and oxygen atoms in total. The van der Waals surface area contributed by atoms with Gasteiger partial charge in [-0.05, 0) is 67.1 Å². The number of anilines is 1. The molecule has 0 bridgehead atoms. The van der Waals surface area contributed by atoms with Crippen LogP contribution in [0.2, 0.25) is 5.02 Å². The fourth-order valence-corrected chi connectivity index (χ4v) is 8.47. The van der Waals surface area contributed by atoms with E-state index in [0.717, 1.165) is 22.1 Å². The average molecular weight is 685 g/mol. The molecule has 252 valence electrons. The van der Waals surface area contributed by atoms with E-state index in [2.05, 4.69) is 0 Å². The number of imide groups is 2. The molecule has 3 aromatic rings. The van der Waals surface area contributed by atoms with E-state index in [1.54, 1.807) is 25.1 Å². The highest BCUT2D eigenvalue weighted by atomic mass is 35.5. The first-order valence-corrected chi connectivity index (χ1v) is 16.4. The van der Waals surface area contributed by atoms with Crippen molar-refractivity contribution in [3.8, 4) is 17.2 Å². The van der Waals surface area contributed by atoms with Gasteiger partial charge in [-0.15, -0.1) is 0 Å². The molecule has 1 saturated carbocycles. The summed E-state index contributed by atoms with van der Waals surface area (Å²) in [5.74, 6) is -5.21. The van der Waals surface area contributed by atoms with Gasteiger partial charge in [-0.2, -0.15) is 0 Å². The quantitative estimate of drug-likeness (QED) is 0.234. The number of hydrogen-bond acceptors (Lipinski definition) is 7. The number of phenols is 1. The summed E-state index contributed by atoms with van der Waals surface area (Å²) >= 11 is 6.09. The molecule has 2 aliphatic carbocycles. The molecule has 4 aliphatic rings. The number of benzene rings is 3. The number of rotatable bonds is 7. The molecule has 3 fully saturated rings. The van der Waals surface area contributed by atoms with Crippen molar-refractivity contribution in [2.75, 3.05) is 19.1 Å². The van der Waals surface area contributed by atoms with E-state index in [9.17, 15) is 28.7 Å². The zero-order chi connectivity index (χ0) is 34.8. The predicted octanol–water partition coefficient (Wildman–Crippen LogP) is 6.18. The van der Waals surface area contributed by atoms with Crippen LogP contribution >= 0.6 is 11.6 Å². The lowest BCUT2D eigenvalue weighted by molar-refractivity contribution is -0.141. The molecule has 4 amide bonds. The lowest BCUT2D eigenvalue weighted by Crippen LogP contribution is -2.49. The lowest BCUT2D eigenvalue weighted by Gasteiger charge is -2.47. The van der Waals surface area contributed by atoms with Gasteiger partial charge >= 0.3 is 0 Å². The van der Waals surface area contributed by atoms with Crippen molar-refractivity contribution in [1.29, 1.82) is 0 Å². The van der Waals surface area contributed by atoms with Crippen molar-refractivity contribution in [3.63, 3.8) is 0 Å². The molecule has 6 atom stereocenters. The summed E-state index contributed by atoms with van der Waals surface area (Å²) in [5.41, 5.74) is 1.12. The van der Waals surface area contributed by atoms with Crippen LogP contribution in [0.5, 0.6) is 17.2 Å². The molecular formula is C38H34ClFN2O7. The molecule has 2 heterocycles. The Kier molecular flexibility index (Phi) is 8.10. The number of phenolic OH excluding ortho intramolecular Hbond substituents is 1. The molecule has 2 saturated heterocycles. The van der Waals surface area contributed by atoms with Gasteiger partial charge in [0, 0.05) is 5.92 Å². The molecule has 1 N–H and O–H groups in total. The molecule has 2 aliphatic heterocycles. The molecule has 49 heavy (non-hydrogen) atoms. The Balaban J connectivity index is 1.32. The number of aromatic hydroxyl groups is 1. The van der Waals surface area contributed by atoms with E-state index in [4.69, 9.17) is 21.1 Å². The topological polar surface area (TPSA) is 113 Å². The van der Waals surface area contributed by atoms with Crippen molar-refractivity contribution in [3.05, 3.63) is 100 Å². The molecule has 0 radical (unpaired) electrons. The third-order valence-electron chi connectivity index (χ3n) is 10.8. The Labute approximate surface area is 287 Å². The Morgan fingerprint density at radius 3 is 2.31 bits per heavy atom. The molecule has 0 spiro atoms. The SMILES string of the molecule is COc1cc(C=C[C@H]2C3=CC[C@@H]4C(=O)N(Cc5ccccc5)C(=O)[C@@H]4[C@@H]3C[C@H]3C(=O)N(c4ccc(F)c(Cl)c4)C(=O)[C@@]23C)cc(OC)c1O. The lowest BCUT2D eigenvalue weighted by atomic mass is 9.52. The van der Waals surface area contributed by atoms with Gasteiger partial charge in [-0.1, -0.05) is 65.7 Å². The number of carbonyl (C=O) groups is 4. The Morgan fingerprint density at radius 2 is 1.65 bits per heavy atom. The Morgan fingerprint density at radius 1 is 0.959 bits per heavy atom. The van der Waals surface area contributed by atoms with Crippen LogP contribution in [0.25, 0.3) is 6.08 Å². The van der Waals surface area contributed by atoms with Gasteiger partial charge in [-0.3, -0.25) is 24.1 Å². The predicted molar refractivity (Wildman–Crippen MR) is 179 cm³/mol. The number of ether oxygens (including phenoxy) is 2. The molecule has 3 aromatic carbocycles. The van der Waals surface area contributed by atoms with Crippen molar-refractivity contribution < 1.29 is 38.1 Å². The summed E-state index contributed by atoms with van der Waals surface area (Å²) in [7, 11) is 2.84. The van der Waals surface area contributed by atoms with E-state index in [0.29, 0.717) is 12.0 Å². The van der Waals surface area contributed by atoms with Gasteiger partial charge in [0.2, 0.25) is 29.4 Å². The van der Waals surface area contributed by atoms with Gasteiger partial charge in [-0.25, -0.2) is 9.29 Å². The third-order valence-corrected chi connectivity index (χ3v) is 11.1. The zero-order valence-electron chi connectivity index (χ0n) is 27.1. The summed E-state index contributed by atoms with van der Waals surface area (Å²) in [5, 5.41) is 10.2. The van der Waals surface area contributed by atoms with Crippen molar-refractivity contribution >= 4 is 47.0 Å². The third kappa shape index (κ3) is 5.03. The first kappa shape index (κ1) is 32.6. The highest BCUT2D eigenvalue weighted by Gasteiger charge is 2.66. The summed E-state index contributed by atoms with van der Waals surface area (Å²) in [4.78, 5) is 59.1. The van der Waals surface area contributed by atoms with Gasteiger partial charge in [0.15, 0.2) is 11.5 Å². The van der Waals surface area contributed by atoms with Crippen LogP contribution in [0.4, 0.5) is 10.1 Å². The molecular weight excluding hydrogens is 651 g/mol. The molecule has 7 rings (SSSR count). The normalized spacial score (nSPS) is 27.7. The van der Waals surface area contributed by atoms with Crippen LogP contribution in [0.1, 0.15) is 30.9 Å². The second-order valence-corrected chi connectivity index (χ2v) is 13.6. The van der Waals surface area contributed by atoms with E-state index < -0.39 is 52.6 Å². The van der Waals surface area contributed by atoms with E-state index in [-0.39, 0.29) is 52.7 Å². The summed E-state index contributed by atoms with van der Waals surface area (Å²) in [6.45, 7) is 1.90. The highest BCUT2D eigenvalue weighted by molar-refractivity contribution is 6.31. The van der Waals surface area contributed by atoms with Crippen LogP contribution in [0, 0.1) is 40.8 Å². The standard InChI is InChI=1S/C38H34ClFN2O7/c1-38-26(13-9-21-15-30(48-2)33(43)31(16-21)49-3)23-11-12-24-32(36(46)41(34(24)44)19-20-7-5-4-6-8-20)25(23)18-27(38)35(45)42(37(38)47)22-10-14-29(40)28(39)17-22/h4-11,13-17,24-27,32,43H,12,18-19H2,1-3H3/t24-,25+,26-,27-,32-,38-/m0/s1. The number of carbonyl (C=O) groups excluding carboxylic acids is 4. The van der Waals surface area contributed by atoms with Crippen molar-refractivity contribution in [2.24, 2.45) is 35.0 Å². The highest BCUT2D eigenvalue weighted by Crippen LogP contribution is 2.61. The van der Waals surface area contributed by atoms with Gasteiger partial charge in [0.25, 0.3) is 0 Å². The van der Waals surface area contributed by atoms with E-state index in [1.807, 2.05) is 42.5 Å². The van der Waals surface area contributed by atoms with Crippen molar-refractivity contribution in [2.45, 2.75) is 26.3 Å². The van der Waals surface area contributed by atoms with E-state index >= 15 is 0 Å². The maximum Gasteiger partial charge on any atom is 0.241 e. The first-order valence-electron chi connectivity index (χ1n) is 16.0. The average Bonchev–Trinajstić information content (AvgIpc) is 3.45. The summed E-state index contributed by atoms with van der Waals surface area (Å²) < 4.78 is 24.8. The minimum Gasteiger partial charge on any atom is -0.502 e. The summed E-state index contributed by atoms with van der Waals surface area (Å²) in [6, 6.07) is 16.3. The number of amides is 4. The van der Waals surface area contributed by atoms with Crippen LogP contribution in [0.15, 0.2) is 78.4 Å².